The smallest absolute Gasteiger partial charge is 0.252 e. The molecule has 0 atom stereocenters. The molecule has 2 aliphatic heterocycles. The number of rotatable bonds is 4. The van der Waals surface area contributed by atoms with Crippen molar-refractivity contribution >= 4 is 77.6 Å². The molecule has 0 aliphatic carbocycles. The molecule has 101 heavy (non-hydrogen) atoms. The number of aromatic nitrogens is 4. The SMILES string of the molecule is CC(C)(C)c1cc(-c2nc(-c3cc4c5c(c3)-n3c6cc(C(C)(C)C)cc(C(C)(C)C)c6c6c(-c7cc(C(C)(C)C)cc(C(C)(C)C)c7)ccc(c63)B5c3ccc(-c5cc(C(C)(C)C)cc(C(C)(C)C)c5)c5c6c(C(C)(C)C)cc(C(C)(C)C)cc6n-4c35)nc3ccccc23)cc(C(C)(C)C)c1. The Hall–Kier alpha value is -8.02. The van der Waals surface area contributed by atoms with E-state index in [1.165, 1.54) is 149 Å². The molecule has 0 spiro atoms. The van der Waals surface area contributed by atoms with Crippen LogP contribution in [0.1, 0.15) is 263 Å². The summed E-state index contributed by atoms with van der Waals surface area (Å²) in [5.41, 5.74) is 32.5. The largest absolute Gasteiger partial charge is 0.310 e. The second-order valence-corrected chi connectivity index (χ2v) is 41.0. The van der Waals surface area contributed by atoms with Crippen LogP contribution in [0.15, 0.2) is 140 Å². The van der Waals surface area contributed by atoms with Gasteiger partial charge in [-0.25, -0.2) is 9.97 Å². The zero-order valence-corrected chi connectivity index (χ0v) is 67.1. The van der Waals surface area contributed by atoms with Crippen LogP contribution in [0.3, 0.4) is 0 Å². The maximum atomic E-state index is 6.01. The van der Waals surface area contributed by atoms with Crippen molar-refractivity contribution in [3.63, 3.8) is 0 Å². The van der Waals surface area contributed by atoms with Crippen LogP contribution in [-0.4, -0.2) is 25.8 Å². The zero-order valence-electron chi connectivity index (χ0n) is 67.1. The molecule has 9 aromatic carbocycles. The van der Waals surface area contributed by atoms with Gasteiger partial charge in [0.15, 0.2) is 5.82 Å². The molecule has 2 aliphatic rings. The average Bonchev–Trinajstić information content (AvgIpc) is 1.53. The van der Waals surface area contributed by atoms with Gasteiger partial charge < -0.3 is 9.13 Å². The Kier molecular flexibility index (Phi) is 15.4. The number of hydrogen-bond donors (Lipinski definition) is 0. The highest BCUT2D eigenvalue weighted by Crippen LogP contribution is 2.52. The van der Waals surface area contributed by atoms with Crippen molar-refractivity contribution in [2.75, 3.05) is 0 Å². The average molecular weight is 1330 g/mol. The molecule has 0 fully saturated rings. The van der Waals surface area contributed by atoms with E-state index in [4.69, 9.17) is 9.97 Å². The third-order valence-corrected chi connectivity index (χ3v) is 22.7. The van der Waals surface area contributed by atoms with E-state index in [0.717, 1.165) is 27.7 Å². The standard InChI is InChI=1S/C96H113BN4/c1-87(2,3)58-39-54(40-59(47-58)88(4,5)6)66-35-37-71-84-78(66)80-69(95(25,26)27)50-64(93(19,20)21)52-74(80)100(84)76-45-57(86-98-73-34-32-31-33-68(73)83(99-86)56-43-62(91(13,14)15)49-63(44-56)92(16,17)18)46-77-82(76)97(71)72-38-36-67(55-41-60(89(7,8)9)48-61(42-55)90(10,11)12)79-81-70(96(28,29)30)51-65(94(22,23)24)53-75(81)101(77)85(72)79/h31-53H,1-30H3. The second kappa shape index (κ2) is 22.3. The van der Waals surface area contributed by atoms with Gasteiger partial charge in [0.2, 0.25) is 0 Å². The minimum Gasteiger partial charge on any atom is -0.310 e. The molecule has 3 aromatic heterocycles. The Bertz CT molecular complexity index is 5130. The molecule has 4 nitrogen and oxygen atoms in total. The minimum atomic E-state index is -0.231. The molecule has 0 amide bonds. The van der Waals surface area contributed by atoms with Gasteiger partial charge in [0.1, 0.15) is 0 Å². The minimum absolute atomic E-state index is 0.0889. The van der Waals surface area contributed by atoms with Gasteiger partial charge in [-0.05, 0) is 191 Å². The van der Waals surface area contributed by atoms with E-state index < -0.39 is 0 Å². The third kappa shape index (κ3) is 11.6. The maximum absolute atomic E-state index is 6.01. The summed E-state index contributed by atoms with van der Waals surface area (Å²) in [6.45, 7) is 71.4. The fourth-order valence-electron chi connectivity index (χ4n) is 16.3. The third-order valence-electron chi connectivity index (χ3n) is 22.7. The van der Waals surface area contributed by atoms with Gasteiger partial charge in [-0.2, -0.15) is 0 Å². The Morgan fingerprint density at radius 3 is 0.950 bits per heavy atom. The van der Waals surface area contributed by atoms with Crippen LogP contribution in [0.2, 0.25) is 0 Å². The van der Waals surface area contributed by atoms with Crippen molar-refractivity contribution < 1.29 is 0 Å². The first-order valence-corrected chi connectivity index (χ1v) is 37.7. The Balaban J connectivity index is 1.24. The number of para-hydroxylation sites is 1. The molecule has 520 valence electrons. The van der Waals surface area contributed by atoms with Crippen LogP contribution in [0.4, 0.5) is 0 Å². The van der Waals surface area contributed by atoms with Crippen molar-refractivity contribution in [2.45, 2.75) is 262 Å². The lowest BCUT2D eigenvalue weighted by atomic mass is 9.34. The number of fused-ring (bicyclic) bond motifs is 11. The lowest BCUT2D eigenvalue weighted by Crippen LogP contribution is -2.59. The molecular formula is C96H113BN4. The lowest BCUT2D eigenvalue weighted by Gasteiger charge is -2.35. The van der Waals surface area contributed by atoms with Gasteiger partial charge in [-0.15, -0.1) is 0 Å². The van der Waals surface area contributed by atoms with Crippen LogP contribution < -0.4 is 16.4 Å². The van der Waals surface area contributed by atoms with Crippen molar-refractivity contribution in [2.24, 2.45) is 0 Å². The summed E-state index contributed by atoms with van der Waals surface area (Å²) in [6, 6.07) is 56.6. The molecule has 0 radical (unpaired) electrons. The predicted octanol–water partition coefficient (Wildman–Crippen LogP) is 24.6. The van der Waals surface area contributed by atoms with Crippen molar-refractivity contribution in [3.05, 3.63) is 195 Å². The predicted molar refractivity (Wildman–Crippen MR) is 442 cm³/mol. The van der Waals surface area contributed by atoms with Gasteiger partial charge in [-0.3, -0.25) is 0 Å². The van der Waals surface area contributed by atoms with Crippen molar-refractivity contribution in [1.82, 2.24) is 19.1 Å². The van der Waals surface area contributed by atoms with E-state index >= 15 is 0 Å². The number of nitrogens with zero attached hydrogens (tertiary/aromatic N) is 4. The summed E-state index contributed by atoms with van der Waals surface area (Å²) in [5, 5.41) is 6.34. The number of benzene rings is 9. The van der Waals surface area contributed by atoms with Crippen LogP contribution in [0.25, 0.3) is 111 Å². The lowest BCUT2D eigenvalue weighted by molar-refractivity contribution is 0.568. The first-order chi connectivity index (χ1) is 46.4. The second-order valence-electron chi connectivity index (χ2n) is 41.0. The normalized spacial score (nSPS) is 14.2. The van der Waals surface area contributed by atoms with Gasteiger partial charge >= 0.3 is 0 Å². The summed E-state index contributed by atoms with van der Waals surface area (Å²) in [6.07, 6.45) is 0. The van der Waals surface area contributed by atoms with Crippen LogP contribution in [0, 0.1) is 0 Å². The van der Waals surface area contributed by atoms with Gasteiger partial charge in [0.25, 0.3) is 6.71 Å². The highest BCUT2D eigenvalue weighted by molar-refractivity contribution is 7.00. The van der Waals surface area contributed by atoms with Gasteiger partial charge in [-0.1, -0.05) is 305 Å². The quantitative estimate of drug-likeness (QED) is 0.165. The summed E-state index contributed by atoms with van der Waals surface area (Å²) in [4.78, 5) is 11.8. The Labute approximate surface area is 606 Å². The van der Waals surface area contributed by atoms with Crippen LogP contribution in [0.5, 0.6) is 0 Å². The van der Waals surface area contributed by atoms with E-state index in [0.29, 0.717) is 5.82 Å². The molecule has 0 saturated carbocycles. The first kappa shape index (κ1) is 70.0. The fourth-order valence-corrected chi connectivity index (χ4v) is 16.3. The molecule has 5 heteroatoms. The highest BCUT2D eigenvalue weighted by atomic mass is 15.0. The Morgan fingerprint density at radius 2 is 0.614 bits per heavy atom. The van der Waals surface area contributed by atoms with Crippen molar-refractivity contribution in [3.8, 4) is 56.3 Å². The summed E-state index contributed by atoms with van der Waals surface area (Å²) >= 11 is 0. The van der Waals surface area contributed by atoms with E-state index in [2.05, 4.69) is 356 Å². The summed E-state index contributed by atoms with van der Waals surface area (Å²) < 4.78 is 5.51. The van der Waals surface area contributed by atoms with Crippen LogP contribution >= 0.6 is 0 Å². The maximum Gasteiger partial charge on any atom is 0.252 e. The summed E-state index contributed by atoms with van der Waals surface area (Å²) in [5.74, 6) is 0.714. The summed E-state index contributed by atoms with van der Waals surface area (Å²) in [7, 11) is 0. The molecule has 0 unspecified atom stereocenters. The van der Waals surface area contributed by atoms with Gasteiger partial charge in [0, 0.05) is 49.4 Å². The molecular weight excluding hydrogens is 1220 g/mol. The molecule has 12 aromatic rings. The van der Waals surface area contributed by atoms with Crippen LogP contribution in [-0.2, 0) is 54.1 Å². The number of hydrogen-bond acceptors (Lipinski definition) is 2. The molecule has 0 bridgehead atoms. The molecule has 5 heterocycles. The Morgan fingerprint density at radius 1 is 0.287 bits per heavy atom. The van der Waals surface area contributed by atoms with E-state index in [-0.39, 0.29) is 60.9 Å². The van der Waals surface area contributed by atoms with Gasteiger partial charge in [0.05, 0.1) is 33.3 Å². The molecule has 14 rings (SSSR count). The van der Waals surface area contributed by atoms with E-state index in [1.54, 1.807) is 0 Å². The monoisotopic (exact) mass is 1330 g/mol. The zero-order chi connectivity index (χ0) is 73.5. The highest BCUT2D eigenvalue weighted by Gasteiger charge is 2.45. The van der Waals surface area contributed by atoms with E-state index in [1.807, 2.05) is 0 Å². The van der Waals surface area contributed by atoms with Crippen molar-refractivity contribution in [1.29, 1.82) is 0 Å². The fraction of sp³-hybridized carbons (Fsp3) is 0.417. The molecule has 0 N–H and O–H groups in total. The topological polar surface area (TPSA) is 35.6 Å². The molecule has 0 saturated heterocycles. The first-order valence-electron chi connectivity index (χ1n) is 37.7. The van der Waals surface area contributed by atoms with E-state index in [9.17, 15) is 0 Å².